The third-order valence-electron chi connectivity index (χ3n) is 2.67. The number of benzene rings is 1. The molecular formula is C16H14ClN3O. The van der Waals surface area contributed by atoms with Gasteiger partial charge >= 0.3 is 0 Å². The van der Waals surface area contributed by atoms with Crippen LogP contribution in [0.15, 0.2) is 36.4 Å². The Bertz CT molecular complexity index is 732. The lowest BCUT2D eigenvalue weighted by atomic mass is 10.2. The number of rotatable bonds is 2. The minimum absolute atomic E-state index is 0.275. The highest BCUT2D eigenvalue weighted by molar-refractivity contribution is 6.34. The molecule has 0 saturated heterocycles. The van der Waals surface area contributed by atoms with Gasteiger partial charge in [-0.2, -0.15) is 0 Å². The zero-order valence-corrected chi connectivity index (χ0v) is 12.2. The van der Waals surface area contributed by atoms with Gasteiger partial charge in [-0.05, 0) is 37.3 Å². The Labute approximate surface area is 128 Å². The molecule has 4 nitrogen and oxygen atoms in total. The van der Waals surface area contributed by atoms with E-state index in [1.165, 1.54) is 0 Å². The van der Waals surface area contributed by atoms with Crippen molar-refractivity contribution in [1.29, 1.82) is 0 Å². The van der Waals surface area contributed by atoms with E-state index in [0.29, 0.717) is 16.4 Å². The summed E-state index contributed by atoms with van der Waals surface area (Å²) in [4.78, 5) is 16.3. The Morgan fingerprint density at radius 1 is 1.38 bits per heavy atom. The predicted octanol–water partition coefficient (Wildman–Crippen LogP) is 2.61. The molecular weight excluding hydrogens is 286 g/mol. The van der Waals surface area contributed by atoms with E-state index in [1.54, 1.807) is 30.3 Å². The molecule has 0 atom stereocenters. The molecule has 2 aromatic rings. The number of halogens is 1. The Balaban J connectivity index is 2.24. The molecule has 0 unspecified atom stereocenters. The van der Waals surface area contributed by atoms with Crippen molar-refractivity contribution >= 4 is 23.2 Å². The van der Waals surface area contributed by atoms with Gasteiger partial charge in [0, 0.05) is 11.3 Å². The Kier molecular flexibility index (Phi) is 4.94. The van der Waals surface area contributed by atoms with Crippen LogP contribution in [-0.4, -0.2) is 17.4 Å². The summed E-state index contributed by atoms with van der Waals surface area (Å²) in [6.45, 7) is 2.10. The molecule has 3 N–H and O–H groups in total. The number of nitrogens with one attached hydrogen (secondary N) is 1. The van der Waals surface area contributed by atoms with Crippen molar-refractivity contribution in [3.05, 3.63) is 58.4 Å². The molecule has 106 valence electrons. The maximum absolute atomic E-state index is 12.2. The van der Waals surface area contributed by atoms with Crippen LogP contribution in [0.2, 0.25) is 5.02 Å². The molecule has 0 aliphatic heterocycles. The van der Waals surface area contributed by atoms with Gasteiger partial charge in [-0.3, -0.25) is 4.79 Å². The maximum atomic E-state index is 12.2. The molecule has 21 heavy (non-hydrogen) atoms. The lowest BCUT2D eigenvalue weighted by Crippen LogP contribution is -2.14. The van der Waals surface area contributed by atoms with Crippen LogP contribution in [0.4, 0.5) is 5.69 Å². The van der Waals surface area contributed by atoms with Crippen molar-refractivity contribution in [2.24, 2.45) is 5.73 Å². The summed E-state index contributed by atoms with van der Waals surface area (Å²) in [5.74, 6) is 5.33. The van der Waals surface area contributed by atoms with Crippen LogP contribution in [0, 0.1) is 18.8 Å². The quantitative estimate of drug-likeness (QED) is 0.838. The summed E-state index contributed by atoms with van der Waals surface area (Å²) < 4.78 is 0. The number of carbonyl (C=O) groups is 1. The number of aromatic nitrogens is 1. The highest BCUT2D eigenvalue weighted by atomic mass is 35.5. The first-order valence-corrected chi connectivity index (χ1v) is 6.71. The van der Waals surface area contributed by atoms with E-state index >= 15 is 0 Å². The number of aryl methyl sites for hydroxylation is 1. The number of hydrogen-bond donors (Lipinski definition) is 2. The molecule has 2 rings (SSSR count). The molecule has 1 heterocycles. The van der Waals surface area contributed by atoms with Crippen LogP contribution in [0.3, 0.4) is 0 Å². The second kappa shape index (κ2) is 6.89. The standard InChI is InChI=1S/C16H14ClN3O/c1-11-4-2-6-14(19-11)16(21)20-15-10-12(5-3-9-18)7-8-13(15)17/h2,4,6-8,10H,9,18H2,1H3,(H,20,21). The zero-order chi connectivity index (χ0) is 15.2. The molecule has 0 spiro atoms. The molecule has 0 bridgehead atoms. The first-order chi connectivity index (χ1) is 10.1. The van der Waals surface area contributed by atoms with Gasteiger partial charge in [0.15, 0.2) is 0 Å². The van der Waals surface area contributed by atoms with Crippen molar-refractivity contribution in [2.45, 2.75) is 6.92 Å². The van der Waals surface area contributed by atoms with E-state index in [1.807, 2.05) is 13.0 Å². The minimum atomic E-state index is -0.315. The number of anilines is 1. The fourth-order valence-corrected chi connectivity index (χ4v) is 1.87. The molecule has 5 heteroatoms. The van der Waals surface area contributed by atoms with E-state index in [2.05, 4.69) is 22.1 Å². The summed E-state index contributed by atoms with van der Waals surface area (Å²) in [6.07, 6.45) is 0. The number of pyridine rings is 1. The van der Waals surface area contributed by atoms with E-state index in [4.69, 9.17) is 17.3 Å². The van der Waals surface area contributed by atoms with E-state index in [0.717, 1.165) is 11.3 Å². The summed E-state index contributed by atoms with van der Waals surface area (Å²) in [7, 11) is 0. The highest BCUT2D eigenvalue weighted by Crippen LogP contribution is 2.23. The smallest absolute Gasteiger partial charge is 0.274 e. The third kappa shape index (κ3) is 4.06. The Morgan fingerprint density at radius 3 is 2.90 bits per heavy atom. The molecule has 0 radical (unpaired) electrons. The van der Waals surface area contributed by atoms with Crippen LogP contribution >= 0.6 is 11.6 Å². The normalized spacial score (nSPS) is 9.67. The SMILES string of the molecule is Cc1cccc(C(=O)Nc2cc(C#CCN)ccc2Cl)n1. The van der Waals surface area contributed by atoms with E-state index in [-0.39, 0.29) is 12.5 Å². The lowest BCUT2D eigenvalue weighted by molar-refractivity contribution is 0.102. The van der Waals surface area contributed by atoms with Crippen LogP contribution < -0.4 is 11.1 Å². The van der Waals surface area contributed by atoms with Crippen LogP contribution in [0.1, 0.15) is 21.7 Å². The lowest BCUT2D eigenvalue weighted by Gasteiger charge is -2.07. The fraction of sp³-hybridized carbons (Fsp3) is 0.125. The van der Waals surface area contributed by atoms with Crippen molar-refractivity contribution < 1.29 is 4.79 Å². The van der Waals surface area contributed by atoms with Gasteiger partial charge in [0.05, 0.1) is 17.3 Å². The Morgan fingerprint density at radius 2 is 2.19 bits per heavy atom. The zero-order valence-electron chi connectivity index (χ0n) is 11.5. The molecule has 0 saturated carbocycles. The number of nitrogens with two attached hydrogens (primary N) is 1. The van der Waals surface area contributed by atoms with Gasteiger partial charge in [0.2, 0.25) is 0 Å². The number of carbonyl (C=O) groups excluding carboxylic acids is 1. The second-order valence-corrected chi connectivity index (χ2v) is 4.73. The minimum Gasteiger partial charge on any atom is -0.320 e. The van der Waals surface area contributed by atoms with Crippen molar-refractivity contribution in [3.63, 3.8) is 0 Å². The first-order valence-electron chi connectivity index (χ1n) is 6.33. The van der Waals surface area contributed by atoms with Crippen molar-refractivity contribution in [3.8, 4) is 11.8 Å². The second-order valence-electron chi connectivity index (χ2n) is 4.32. The van der Waals surface area contributed by atoms with Gasteiger partial charge in [-0.25, -0.2) is 4.98 Å². The fourth-order valence-electron chi connectivity index (χ4n) is 1.71. The number of amides is 1. The average molecular weight is 300 g/mol. The van der Waals surface area contributed by atoms with Gasteiger partial charge in [-0.15, -0.1) is 0 Å². The summed E-state index contributed by atoms with van der Waals surface area (Å²) in [5, 5.41) is 3.18. The maximum Gasteiger partial charge on any atom is 0.274 e. The summed E-state index contributed by atoms with van der Waals surface area (Å²) in [6, 6.07) is 10.4. The first kappa shape index (κ1) is 15.0. The van der Waals surface area contributed by atoms with E-state index < -0.39 is 0 Å². The molecule has 1 aromatic heterocycles. The number of nitrogens with zero attached hydrogens (tertiary/aromatic N) is 1. The average Bonchev–Trinajstić information content (AvgIpc) is 2.48. The van der Waals surface area contributed by atoms with Gasteiger partial charge in [-0.1, -0.05) is 29.5 Å². The van der Waals surface area contributed by atoms with Crippen LogP contribution in [-0.2, 0) is 0 Å². The molecule has 0 aliphatic carbocycles. The molecule has 0 fully saturated rings. The largest absolute Gasteiger partial charge is 0.320 e. The van der Waals surface area contributed by atoms with E-state index in [9.17, 15) is 4.79 Å². The summed E-state index contributed by atoms with van der Waals surface area (Å²) in [5.41, 5.74) is 7.68. The van der Waals surface area contributed by atoms with Crippen molar-refractivity contribution in [1.82, 2.24) is 4.98 Å². The van der Waals surface area contributed by atoms with Gasteiger partial charge in [0.1, 0.15) is 5.69 Å². The van der Waals surface area contributed by atoms with Crippen LogP contribution in [0.5, 0.6) is 0 Å². The molecule has 1 amide bonds. The highest BCUT2D eigenvalue weighted by Gasteiger charge is 2.10. The topological polar surface area (TPSA) is 68.0 Å². The molecule has 0 aliphatic rings. The summed E-state index contributed by atoms with van der Waals surface area (Å²) >= 11 is 6.09. The van der Waals surface area contributed by atoms with Gasteiger partial charge in [0.25, 0.3) is 5.91 Å². The van der Waals surface area contributed by atoms with Gasteiger partial charge < -0.3 is 11.1 Å². The van der Waals surface area contributed by atoms with Crippen molar-refractivity contribution in [2.75, 3.05) is 11.9 Å². The monoisotopic (exact) mass is 299 g/mol. The molecule has 1 aromatic carbocycles. The Hall–Kier alpha value is -2.35. The predicted molar refractivity (Wildman–Crippen MR) is 84.3 cm³/mol. The van der Waals surface area contributed by atoms with Crippen LogP contribution in [0.25, 0.3) is 0 Å². The number of hydrogen-bond acceptors (Lipinski definition) is 3. The third-order valence-corrected chi connectivity index (χ3v) is 3.00.